The van der Waals surface area contributed by atoms with Crippen LogP contribution in [0.4, 0.5) is 5.82 Å². The molecule has 2 heterocycles. The molecule has 1 aliphatic heterocycles. The lowest BCUT2D eigenvalue weighted by molar-refractivity contribution is 0.269. The Morgan fingerprint density at radius 1 is 1.16 bits per heavy atom. The summed E-state index contributed by atoms with van der Waals surface area (Å²) in [4.78, 5) is 4.66. The molecule has 1 aliphatic rings. The molecule has 0 N–H and O–H groups in total. The molecule has 1 saturated heterocycles. The third-order valence-electron chi connectivity index (χ3n) is 3.61. The maximum absolute atomic E-state index is 6.07. The Hall–Kier alpha value is -0.970. The summed E-state index contributed by atoms with van der Waals surface area (Å²) in [6.07, 6.45) is 0. The van der Waals surface area contributed by atoms with Crippen LogP contribution in [0.15, 0.2) is 16.7 Å². The van der Waals surface area contributed by atoms with E-state index in [0.717, 1.165) is 43.9 Å². The molecule has 0 radical (unpaired) electrons. The van der Waals surface area contributed by atoms with E-state index in [4.69, 9.17) is 27.7 Å². The minimum absolute atomic E-state index is 0.493. The summed E-state index contributed by atoms with van der Waals surface area (Å²) < 4.78 is 5.34. The number of benzene rings is 1. The van der Waals surface area contributed by atoms with E-state index in [9.17, 15) is 0 Å². The van der Waals surface area contributed by atoms with E-state index in [1.54, 1.807) is 6.07 Å². The van der Waals surface area contributed by atoms with Crippen molar-refractivity contribution in [3.05, 3.63) is 22.2 Å². The van der Waals surface area contributed by atoms with Gasteiger partial charge in [0.25, 0.3) is 0 Å². The van der Waals surface area contributed by atoms with Crippen LogP contribution in [0, 0.1) is 0 Å². The second-order valence-corrected chi connectivity index (χ2v) is 5.50. The highest BCUT2D eigenvalue weighted by molar-refractivity contribution is 6.42. The number of fused-ring (bicyclic) bond motifs is 1. The molecule has 4 nitrogen and oxygen atoms in total. The molecule has 0 aliphatic carbocycles. The summed E-state index contributed by atoms with van der Waals surface area (Å²) in [6.45, 7) is 7.28. The Bertz CT molecular complexity index is 591. The quantitative estimate of drug-likeness (QED) is 0.852. The van der Waals surface area contributed by atoms with E-state index in [1.807, 2.05) is 6.07 Å². The van der Waals surface area contributed by atoms with Crippen molar-refractivity contribution in [2.45, 2.75) is 6.92 Å². The van der Waals surface area contributed by atoms with Crippen LogP contribution >= 0.6 is 23.2 Å². The number of likely N-dealkylation sites (N-methyl/N-ethyl adjacent to an activating group) is 1. The van der Waals surface area contributed by atoms with Crippen molar-refractivity contribution in [2.75, 3.05) is 37.6 Å². The van der Waals surface area contributed by atoms with E-state index < -0.39 is 0 Å². The van der Waals surface area contributed by atoms with Crippen LogP contribution in [-0.4, -0.2) is 42.8 Å². The summed E-state index contributed by atoms with van der Waals surface area (Å²) in [5.41, 5.74) is 0.683. The highest BCUT2D eigenvalue weighted by Crippen LogP contribution is 2.33. The number of piperazine rings is 1. The number of nitrogens with zero attached hydrogens (tertiary/aromatic N) is 3. The molecular weight excluding hydrogens is 285 g/mol. The average molecular weight is 300 g/mol. The largest absolute Gasteiger partial charge is 0.354 e. The molecule has 0 saturated carbocycles. The standard InChI is InChI=1S/C13H15Cl2N3O/c1-2-17-3-5-18(6-4-17)13-9-7-10(14)11(15)8-12(9)19-16-13/h7-8H,2-6H2,1H3. The molecule has 0 amide bonds. The first-order valence-electron chi connectivity index (χ1n) is 6.40. The van der Waals surface area contributed by atoms with Crippen molar-refractivity contribution in [3.8, 4) is 0 Å². The topological polar surface area (TPSA) is 32.5 Å². The zero-order valence-corrected chi connectivity index (χ0v) is 12.2. The van der Waals surface area contributed by atoms with Crippen LogP contribution in [0.1, 0.15) is 6.92 Å². The van der Waals surface area contributed by atoms with Crippen LogP contribution in [-0.2, 0) is 0 Å². The Kier molecular flexibility index (Phi) is 3.56. The molecule has 0 atom stereocenters. The molecule has 19 heavy (non-hydrogen) atoms. The molecule has 0 unspecified atom stereocenters. The lowest BCUT2D eigenvalue weighted by Gasteiger charge is -2.33. The lowest BCUT2D eigenvalue weighted by atomic mass is 10.2. The number of hydrogen-bond acceptors (Lipinski definition) is 4. The molecule has 6 heteroatoms. The van der Waals surface area contributed by atoms with E-state index in [2.05, 4.69) is 21.9 Å². The smallest absolute Gasteiger partial charge is 0.180 e. The van der Waals surface area contributed by atoms with Gasteiger partial charge in [0.2, 0.25) is 0 Å². The minimum atomic E-state index is 0.493. The summed E-state index contributed by atoms with van der Waals surface area (Å²) in [6, 6.07) is 3.55. The molecule has 1 aromatic carbocycles. The zero-order chi connectivity index (χ0) is 13.4. The molecule has 2 aromatic rings. The molecule has 0 spiro atoms. The van der Waals surface area contributed by atoms with Crippen LogP contribution in [0.5, 0.6) is 0 Å². The first-order chi connectivity index (χ1) is 9.19. The first kappa shape index (κ1) is 13.0. The van der Waals surface area contributed by atoms with Gasteiger partial charge < -0.3 is 14.3 Å². The van der Waals surface area contributed by atoms with E-state index in [0.29, 0.717) is 15.6 Å². The second-order valence-electron chi connectivity index (χ2n) is 4.69. The highest BCUT2D eigenvalue weighted by Gasteiger charge is 2.21. The Labute approximate surface area is 121 Å². The van der Waals surface area contributed by atoms with E-state index in [1.165, 1.54) is 0 Å². The van der Waals surface area contributed by atoms with Gasteiger partial charge in [-0.1, -0.05) is 35.3 Å². The van der Waals surface area contributed by atoms with Gasteiger partial charge in [0.05, 0.1) is 15.4 Å². The van der Waals surface area contributed by atoms with Gasteiger partial charge in [0.1, 0.15) is 0 Å². The Morgan fingerprint density at radius 3 is 2.53 bits per heavy atom. The summed E-state index contributed by atoms with van der Waals surface area (Å²) in [5, 5.41) is 6.12. The molecule has 102 valence electrons. The van der Waals surface area contributed by atoms with Crippen molar-refractivity contribution in [1.29, 1.82) is 0 Å². The van der Waals surface area contributed by atoms with Gasteiger partial charge in [-0.2, -0.15) is 0 Å². The maximum Gasteiger partial charge on any atom is 0.180 e. The molecular formula is C13H15Cl2N3O. The van der Waals surface area contributed by atoms with Crippen molar-refractivity contribution < 1.29 is 4.52 Å². The van der Waals surface area contributed by atoms with Gasteiger partial charge >= 0.3 is 0 Å². The predicted molar refractivity (Wildman–Crippen MR) is 78.4 cm³/mol. The normalized spacial score (nSPS) is 17.3. The number of anilines is 1. The third-order valence-corrected chi connectivity index (χ3v) is 4.34. The minimum Gasteiger partial charge on any atom is -0.354 e. The third kappa shape index (κ3) is 2.40. The number of rotatable bonds is 2. The summed E-state index contributed by atoms with van der Waals surface area (Å²) in [5.74, 6) is 0.865. The average Bonchev–Trinajstić information content (AvgIpc) is 2.82. The highest BCUT2D eigenvalue weighted by atomic mass is 35.5. The van der Waals surface area contributed by atoms with Crippen LogP contribution in [0.25, 0.3) is 11.0 Å². The van der Waals surface area contributed by atoms with Gasteiger partial charge in [-0.15, -0.1) is 0 Å². The fourth-order valence-corrected chi connectivity index (χ4v) is 2.74. The van der Waals surface area contributed by atoms with Crippen molar-refractivity contribution >= 4 is 40.0 Å². The summed E-state index contributed by atoms with van der Waals surface area (Å²) in [7, 11) is 0. The Balaban J connectivity index is 1.91. The number of aromatic nitrogens is 1. The molecule has 1 fully saturated rings. The fraction of sp³-hybridized carbons (Fsp3) is 0.462. The van der Waals surface area contributed by atoms with E-state index >= 15 is 0 Å². The number of halogens is 2. The van der Waals surface area contributed by atoms with E-state index in [-0.39, 0.29) is 0 Å². The van der Waals surface area contributed by atoms with Gasteiger partial charge in [-0.05, 0) is 12.6 Å². The lowest BCUT2D eigenvalue weighted by Crippen LogP contribution is -2.46. The first-order valence-corrected chi connectivity index (χ1v) is 7.16. The molecule has 1 aromatic heterocycles. The molecule has 3 rings (SSSR count). The van der Waals surface area contributed by atoms with Gasteiger partial charge in [-0.3, -0.25) is 0 Å². The Morgan fingerprint density at radius 2 is 1.84 bits per heavy atom. The predicted octanol–water partition coefficient (Wildman–Crippen LogP) is 3.28. The van der Waals surface area contributed by atoms with Gasteiger partial charge in [0, 0.05) is 32.2 Å². The van der Waals surface area contributed by atoms with Crippen LogP contribution in [0.3, 0.4) is 0 Å². The van der Waals surface area contributed by atoms with Crippen molar-refractivity contribution in [1.82, 2.24) is 10.1 Å². The van der Waals surface area contributed by atoms with Crippen molar-refractivity contribution in [2.24, 2.45) is 0 Å². The van der Waals surface area contributed by atoms with Crippen LogP contribution in [0.2, 0.25) is 10.0 Å². The summed E-state index contributed by atoms with van der Waals surface area (Å²) >= 11 is 12.1. The van der Waals surface area contributed by atoms with Gasteiger partial charge in [-0.25, -0.2) is 0 Å². The van der Waals surface area contributed by atoms with Crippen LogP contribution < -0.4 is 4.90 Å². The van der Waals surface area contributed by atoms with Crippen molar-refractivity contribution in [3.63, 3.8) is 0 Å². The SMILES string of the molecule is CCN1CCN(c2noc3cc(Cl)c(Cl)cc23)CC1. The monoisotopic (exact) mass is 299 g/mol. The zero-order valence-electron chi connectivity index (χ0n) is 10.7. The second kappa shape index (κ2) is 5.19. The van der Waals surface area contributed by atoms with Gasteiger partial charge in [0.15, 0.2) is 11.4 Å². The maximum atomic E-state index is 6.07. The number of hydrogen-bond donors (Lipinski definition) is 0. The molecule has 0 bridgehead atoms. The fourth-order valence-electron chi connectivity index (χ4n) is 2.42.